The third-order valence-electron chi connectivity index (χ3n) is 5.28. The molecule has 4 rings (SSSR count). The van der Waals surface area contributed by atoms with Crippen LogP contribution < -0.4 is 0 Å². The normalized spacial score (nSPS) is 15.7. The summed E-state index contributed by atoms with van der Waals surface area (Å²) in [6, 6.07) is 8.76. The van der Waals surface area contributed by atoms with E-state index in [1.165, 1.54) is 18.5 Å². The highest BCUT2D eigenvalue weighted by Crippen LogP contribution is 2.33. The molecule has 3 aromatic rings. The molecule has 1 amide bonds. The van der Waals surface area contributed by atoms with Gasteiger partial charge in [-0.1, -0.05) is 19.9 Å². The molecule has 0 bridgehead atoms. The van der Waals surface area contributed by atoms with Gasteiger partial charge in [0.05, 0.1) is 12.4 Å². The molecule has 27 heavy (non-hydrogen) atoms. The van der Waals surface area contributed by atoms with Gasteiger partial charge in [-0.2, -0.15) is 0 Å². The Kier molecular flexibility index (Phi) is 4.48. The number of carbonyl (C=O) groups excluding carboxylic acids is 1. The van der Waals surface area contributed by atoms with Crippen LogP contribution in [0.25, 0.3) is 11.5 Å². The minimum Gasteiger partial charge on any atom is -0.445 e. The molecule has 5 nitrogen and oxygen atoms in total. The van der Waals surface area contributed by atoms with Crippen molar-refractivity contribution in [3.05, 3.63) is 71.6 Å². The van der Waals surface area contributed by atoms with Crippen molar-refractivity contribution in [1.29, 1.82) is 0 Å². The molecule has 1 aromatic carbocycles. The van der Waals surface area contributed by atoms with Gasteiger partial charge in [0.15, 0.2) is 0 Å². The number of pyridine rings is 1. The number of hydrogen-bond donors (Lipinski definition) is 0. The van der Waals surface area contributed by atoms with Gasteiger partial charge >= 0.3 is 0 Å². The van der Waals surface area contributed by atoms with Crippen LogP contribution in [0, 0.1) is 11.7 Å². The number of hydrogen-bond acceptors (Lipinski definition) is 4. The molecule has 0 unspecified atom stereocenters. The van der Waals surface area contributed by atoms with Crippen LogP contribution in [0.5, 0.6) is 0 Å². The van der Waals surface area contributed by atoms with E-state index in [9.17, 15) is 9.18 Å². The van der Waals surface area contributed by atoms with E-state index in [1.807, 2.05) is 23.1 Å². The fourth-order valence-electron chi connectivity index (χ4n) is 3.55. The first-order valence-corrected chi connectivity index (χ1v) is 8.97. The maximum Gasteiger partial charge on any atom is 0.254 e. The van der Waals surface area contributed by atoms with Crippen molar-refractivity contribution < 1.29 is 13.6 Å². The zero-order valence-corrected chi connectivity index (χ0v) is 15.2. The quantitative estimate of drug-likeness (QED) is 0.677. The largest absolute Gasteiger partial charge is 0.445 e. The average molecular weight is 365 g/mol. The Hall–Kier alpha value is -3.02. The van der Waals surface area contributed by atoms with Crippen molar-refractivity contribution in [1.82, 2.24) is 14.9 Å². The summed E-state index contributed by atoms with van der Waals surface area (Å²) in [6.07, 6.45) is 4.36. The maximum atomic E-state index is 13.1. The molecule has 0 saturated carbocycles. The van der Waals surface area contributed by atoms with Crippen molar-refractivity contribution in [2.75, 3.05) is 6.54 Å². The number of nitrogens with zero attached hydrogens (tertiary/aromatic N) is 3. The molecule has 1 aliphatic rings. The molecule has 6 heteroatoms. The van der Waals surface area contributed by atoms with Crippen LogP contribution in [0.3, 0.4) is 0 Å². The van der Waals surface area contributed by atoms with E-state index in [4.69, 9.17) is 4.42 Å². The topological polar surface area (TPSA) is 59.2 Å². The summed E-state index contributed by atoms with van der Waals surface area (Å²) in [5.41, 5.74) is 3.33. The monoisotopic (exact) mass is 365 g/mol. The lowest BCUT2D eigenvalue weighted by molar-refractivity contribution is 0.0749. The number of fused-ring (bicyclic) bond motifs is 1. The third kappa shape index (κ3) is 3.23. The number of amides is 1. The summed E-state index contributed by atoms with van der Waals surface area (Å²) < 4.78 is 18.5. The van der Waals surface area contributed by atoms with Gasteiger partial charge in [-0.15, -0.1) is 0 Å². The Balaban J connectivity index is 1.53. The fraction of sp³-hybridized carbons (Fsp3) is 0.286. The fourth-order valence-corrected chi connectivity index (χ4v) is 3.55. The van der Waals surface area contributed by atoms with Crippen molar-refractivity contribution in [3.63, 3.8) is 0 Å². The van der Waals surface area contributed by atoms with Gasteiger partial charge < -0.3 is 9.32 Å². The highest BCUT2D eigenvalue weighted by molar-refractivity contribution is 6.00. The van der Waals surface area contributed by atoms with Gasteiger partial charge in [-0.3, -0.25) is 9.78 Å². The van der Waals surface area contributed by atoms with Crippen LogP contribution in [-0.2, 0) is 6.54 Å². The molecular weight excluding hydrogens is 345 g/mol. The standard InChI is InChI=1S/C21H20FN3O2/c1-13(14(2)19-7-6-15(22)10-24-19)11-25-12-18-16(20-23-8-9-27-20)4-3-5-17(18)21(25)26/h3-10,13-14H,11-12H2,1-2H3/t13-,14+/m0/s1. The number of oxazole rings is 1. The minimum absolute atomic E-state index is 0.0181. The SMILES string of the molecule is C[C@@H](CN1Cc2c(cccc2-c2ncco2)C1=O)[C@@H](C)c1ccc(F)cn1. The van der Waals surface area contributed by atoms with E-state index < -0.39 is 0 Å². The second kappa shape index (κ2) is 6.95. The Morgan fingerprint density at radius 3 is 2.70 bits per heavy atom. The molecule has 138 valence electrons. The smallest absolute Gasteiger partial charge is 0.254 e. The zero-order chi connectivity index (χ0) is 19.0. The lowest BCUT2D eigenvalue weighted by Crippen LogP contribution is -2.31. The third-order valence-corrected chi connectivity index (χ3v) is 5.28. The van der Waals surface area contributed by atoms with Crippen LogP contribution in [0.1, 0.15) is 41.4 Å². The van der Waals surface area contributed by atoms with Crippen LogP contribution >= 0.6 is 0 Å². The van der Waals surface area contributed by atoms with Crippen LogP contribution in [-0.4, -0.2) is 27.3 Å². The summed E-state index contributed by atoms with van der Waals surface area (Å²) >= 11 is 0. The second-order valence-corrected chi connectivity index (χ2v) is 7.02. The van der Waals surface area contributed by atoms with Crippen LogP contribution in [0.4, 0.5) is 4.39 Å². The van der Waals surface area contributed by atoms with E-state index in [0.717, 1.165) is 16.8 Å². The number of aromatic nitrogens is 2. The number of rotatable bonds is 5. The Morgan fingerprint density at radius 2 is 2.00 bits per heavy atom. The van der Waals surface area contributed by atoms with Crippen molar-refractivity contribution in [3.8, 4) is 11.5 Å². The summed E-state index contributed by atoms with van der Waals surface area (Å²) in [4.78, 5) is 23.1. The molecule has 1 aliphatic heterocycles. The van der Waals surface area contributed by atoms with Crippen LogP contribution in [0.2, 0.25) is 0 Å². The van der Waals surface area contributed by atoms with Gasteiger partial charge in [0.2, 0.25) is 5.89 Å². The lowest BCUT2D eigenvalue weighted by atomic mass is 9.92. The molecule has 0 spiro atoms. The highest BCUT2D eigenvalue weighted by Gasteiger charge is 2.32. The molecule has 0 radical (unpaired) electrons. The highest BCUT2D eigenvalue weighted by atomic mass is 19.1. The zero-order valence-electron chi connectivity index (χ0n) is 15.2. The molecule has 0 fully saturated rings. The minimum atomic E-state index is -0.345. The second-order valence-electron chi connectivity index (χ2n) is 7.02. The molecular formula is C21H20FN3O2. The van der Waals surface area contributed by atoms with E-state index in [-0.39, 0.29) is 23.6 Å². The molecule has 0 aliphatic carbocycles. The predicted octanol–water partition coefficient (Wildman–Crippen LogP) is 4.27. The molecule has 3 heterocycles. The van der Waals surface area contributed by atoms with Crippen molar-refractivity contribution in [2.24, 2.45) is 5.92 Å². The number of benzene rings is 1. The first-order valence-electron chi connectivity index (χ1n) is 8.97. The number of carbonyl (C=O) groups is 1. The average Bonchev–Trinajstić information content (AvgIpc) is 3.31. The first kappa shape index (κ1) is 17.4. The van der Waals surface area contributed by atoms with Crippen molar-refractivity contribution >= 4 is 5.91 Å². The van der Waals surface area contributed by atoms with Gasteiger partial charge in [0.1, 0.15) is 12.1 Å². The summed E-state index contributed by atoms with van der Waals surface area (Å²) in [5.74, 6) is 0.477. The van der Waals surface area contributed by atoms with E-state index in [2.05, 4.69) is 23.8 Å². The van der Waals surface area contributed by atoms with E-state index in [1.54, 1.807) is 12.3 Å². The molecule has 0 N–H and O–H groups in total. The molecule has 2 aromatic heterocycles. The summed E-state index contributed by atoms with van der Waals surface area (Å²) in [7, 11) is 0. The van der Waals surface area contributed by atoms with E-state index >= 15 is 0 Å². The Morgan fingerprint density at radius 1 is 1.19 bits per heavy atom. The predicted molar refractivity (Wildman–Crippen MR) is 98.5 cm³/mol. The Bertz CT molecular complexity index is 954. The molecule has 0 saturated heterocycles. The van der Waals surface area contributed by atoms with Crippen LogP contribution in [0.15, 0.2) is 53.4 Å². The summed E-state index contributed by atoms with van der Waals surface area (Å²) in [5, 5.41) is 0. The first-order chi connectivity index (χ1) is 13.0. The van der Waals surface area contributed by atoms with Gasteiger partial charge in [-0.25, -0.2) is 9.37 Å². The Labute approximate surface area is 156 Å². The van der Waals surface area contributed by atoms with Crippen molar-refractivity contribution in [2.45, 2.75) is 26.3 Å². The van der Waals surface area contributed by atoms with Gasteiger partial charge in [0.25, 0.3) is 5.91 Å². The maximum absolute atomic E-state index is 13.1. The summed E-state index contributed by atoms with van der Waals surface area (Å²) in [6.45, 7) is 5.26. The molecule has 2 atom stereocenters. The van der Waals surface area contributed by atoms with Gasteiger partial charge in [0, 0.05) is 35.8 Å². The lowest BCUT2D eigenvalue weighted by Gasteiger charge is -2.25. The number of halogens is 1. The van der Waals surface area contributed by atoms with Gasteiger partial charge in [-0.05, 0) is 35.7 Å². The van der Waals surface area contributed by atoms with E-state index in [0.29, 0.717) is 24.5 Å².